The van der Waals surface area contributed by atoms with E-state index in [4.69, 9.17) is 11.6 Å². The summed E-state index contributed by atoms with van der Waals surface area (Å²) in [5, 5.41) is 3.91. The molecule has 0 aliphatic heterocycles. The highest BCUT2D eigenvalue weighted by molar-refractivity contribution is 9.11. The Balaban J connectivity index is 1.71. The monoisotopic (exact) mass is 321 g/mol. The molecular weight excluding hydrogens is 306 g/mol. The van der Waals surface area contributed by atoms with E-state index >= 15 is 0 Å². The van der Waals surface area contributed by atoms with Crippen LogP contribution in [0.15, 0.2) is 15.9 Å². The number of alkyl halides is 1. The summed E-state index contributed by atoms with van der Waals surface area (Å²) >= 11 is 11.6. The lowest BCUT2D eigenvalue weighted by atomic mass is 9.89. The molecule has 1 heterocycles. The van der Waals surface area contributed by atoms with E-state index in [2.05, 4.69) is 33.4 Å². The van der Waals surface area contributed by atoms with Gasteiger partial charge in [-0.3, -0.25) is 0 Å². The first-order chi connectivity index (χ1) is 7.75. The van der Waals surface area contributed by atoms with Gasteiger partial charge >= 0.3 is 0 Å². The van der Waals surface area contributed by atoms with Crippen molar-refractivity contribution in [2.75, 3.05) is 6.54 Å². The summed E-state index contributed by atoms with van der Waals surface area (Å²) in [4.78, 5) is 1.38. The third-order valence-corrected chi connectivity index (χ3v) is 5.35. The highest BCUT2D eigenvalue weighted by Crippen LogP contribution is 2.28. The van der Waals surface area contributed by atoms with Crippen LogP contribution in [0.25, 0.3) is 0 Å². The largest absolute Gasteiger partial charge is 0.312 e. The third kappa shape index (κ3) is 3.73. The first-order valence-corrected chi connectivity index (χ1v) is 7.89. The van der Waals surface area contributed by atoms with E-state index in [9.17, 15) is 0 Å². The molecule has 90 valence electrons. The number of halogens is 2. The number of thiophene rings is 1. The molecule has 2 unspecified atom stereocenters. The Morgan fingerprint density at radius 1 is 1.38 bits per heavy atom. The van der Waals surface area contributed by atoms with Gasteiger partial charge in [0.1, 0.15) is 0 Å². The van der Waals surface area contributed by atoms with Gasteiger partial charge in [0.05, 0.1) is 3.79 Å². The van der Waals surface area contributed by atoms with Crippen molar-refractivity contribution in [2.24, 2.45) is 5.92 Å². The van der Waals surface area contributed by atoms with Gasteiger partial charge in [0.25, 0.3) is 0 Å². The van der Waals surface area contributed by atoms with Crippen molar-refractivity contribution < 1.29 is 0 Å². The van der Waals surface area contributed by atoms with Crippen molar-refractivity contribution in [2.45, 2.75) is 37.6 Å². The molecule has 4 heteroatoms. The smallest absolute Gasteiger partial charge is 0.0701 e. The Hall–Kier alpha value is 0.430. The summed E-state index contributed by atoms with van der Waals surface area (Å²) in [5.74, 6) is 0.666. The first kappa shape index (κ1) is 12.9. The average Bonchev–Trinajstić information content (AvgIpc) is 2.67. The summed E-state index contributed by atoms with van der Waals surface area (Å²) in [6.07, 6.45) is 5.14. The SMILES string of the molecule is ClC1CCCCC1CNCc1ccc(Br)s1. The normalized spacial score (nSPS) is 25.9. The molecular formula is C12H17BrClNS. The second kappa shape index (κ2) is 6.39. The maximum Gasteiger partial charge on any atom is 0.0701 e. The Labute approximate surface area is 115 Å². The van der Waals surface area contributed by atoms with Gasteiger partial charge < -0.3 is 5.32 Å². The van der Waals surface area contributed by atoms with Gasteiger partial charge in [-0.25, -0.2) is 0 Å². The van der Waals surface area contributed by atoms with Gasteiger partial charge in [-0.05, 0) is 53.4 Å². The van der Waals surface area contributed by atoms with Crippen LogP contribution in [0.5, 0.6) is 0 Å². The zero-order chi connectivity index (χ0) is 11.4. The molecule has 0 amide bonds. The van der Waals surface area contributed by atoms with E-state index < -0.39 is 0 Å². The number of hydrogen-bond acceptors (Lipinski definition) is 2. The second-order valence-electron chi connectivity index (χ2n) is 4.40. The Morgan fingerprint density at radius 2 is 2.19 bits per heavy atom. The summed E-state index contributed by atoms with van der Waals surface area (Å²) < 4.78 is 1.21. The lowest BCUT2D eigenvalue weighted by molar-refractivity contribution is 0.349. The second-order valence-corrected chi connectivity index (χ2v) is 7.51. The van der Waals surface area contributed by atoms with Gasteiger partial charge in [-0.15, -0.1) is 22.9 Å². The maximum absolute atomic E-state index is 6.32. The van der Waals surface area contributed by atoms with Crippen molar-refractivity contribution in [1.82, 2.24) is 5.32 Å². The van der Waals surface area contributed by atoms with E-state index in [-0.39, 0.29) is 0 Å². The predicted molar refractivity (Wildman–Crippen MR) is 75.3 cm³/mol. The molecule has 0 spiro atoms. The maximum atomic E-state index is 6.32. The quantitative estimate of drug-likeness (QED) is 0.810. The number of rotatable bonds is 4. The van der Waals surface area contributed by atoms with Crippen molar-refractivity contribution in [1.29, 1.82) is 0 Å². The molecule has 16 heavy (non-hydrogen) atoms. The van der Waals surface area contributed by atoms with Crippen LogP contribution in [0.2, 0.25) is 0 Å². The molecule has 0 saturated heterocycles. The third-order valence-electron chi connectivity index (χ3n) is 3.15. The lowest BCUT2D eigenvalue weighted by Gasteiger charge is -2.27. The topological polar surface area (TPSA) is 12.0 Å². The Bertz CT molecular complexity index is 329. The summed E-state index contributed by atoms with van der Waals surface area (Å²) in [6.45, 7) is 2.03. The predicted octanol–water partition coefficient (Wildman–Crippen LogP) is 4.40. The summed E-state index contributed by atoms with van der Waals surface area (Å²) in [7, 11) is 0. The molecule has 0 aromatic carbocycles. The fraction of sp³-hybridized carbons (Fsp3) is 0.667. The fourth-order valence-corrected chi connectivity index (χ4v) is 4.04. The molecule has 1 nitrogen and oxygen atoms in total. The molecule has 1 aliphatic carbocycles. The zero-order valence-corrected chi connectivity index (χ0v) is 12.4. The molecule has 2 rings (SSSR count). The van der Waals surface area contributed by atoms with Crippen LogP contribution in [0.4, 0.5) is 0 Å². The van der Waals surface area contributed by atoms with Crippen LogP contribution < -0.4 is 5.32 Å². The van der Waals surface area contributed by atoms with Crippen molar-refractivity contribution >= 4 is 38.9 Å². The van der Waals surface area contributed by atoms with Crippen LogP contribution in [-0.2, 0) is 6.54 Å². The van der Waals surface area contributed by atoms with Crippen LogP contribution in [0.1, 0.15) is 30.6 Å². The molecule has 1 aromatic heterocycles. The molecule has 1 saturated carbocycles. The van der Waals surface area contributed by atoms with Gasteiger partial charge in [0, 0.05) is 16.8 Å². The highest BCUT2D eigenvalue weighted by Gasteiger charge is 2.22. The minimum Gasteiger partial charge on any atom is -0.312 e. The molecule has 1 fully saturated rings. The lowest BCUT2D eigenvalue weighted by Crippen LogP contribution is -2.30. The standard InChI is InChI=1S/C12H17BrClNS/c13-12-6-5-10(16-12)8-15-7-9-3-1-2-4-11(9)14/h5-6,9,11,15H,1-4,7-8H2. The minimum atomic E-state index is 0.385. The van der Waals surface area contributed by atoms with E-state index in [1.807, 2.05) is 0 Å². The van der Waals surface area contributed by atoms with E-state index in [1.165, 1.54) is 34.3 Å². The van der Waals surface area contributed by atoms with Crippen LogP contribution in [0.3, 0.4) is 0 Å². The Kier molecular flexibility index (Phi) is 5.14. The fourth-order valence-electron chi connectivity index (χ4n) is 2.22. The summed E-state index contributed by atoms with van der Waals surface area (Å²) in [6, 6.07) is 4.27. The van der Waals surface area contributed by atoms with Gasteiger partial charge in [0.15, 0.2) is 0 Å². The van der Waals surface area contributed by atoms with E-state index in [0.717, 1.165) is 13.1 Å². The molecule has 1 aromatic rings. The highest BCUT2D eigenvalue weighted by atomic mass is 79.9. The van der Waals surface area contributed by atoms with Gasteiger partial charge in [-0.2, -0.15) is 0 Å². The zero-order valence-electron chi connectivity index (χ0n) is 9.22. The van der Waals surface area contributed by atoms with Gasteiger partial charge in [-0.1, -0.05) is 12.8 Å². The minimum absolute atomic E-state index is 0.385. The van der Waals surface area contributed by atoms with Gasteiger partial charge in [0.2, 0.25) is 0 Å². The van der Waals surface area contributed by atoms with Crippen LogP contribution in [-0.4, -0.2) is 11.9 Å². The Morgan fingerprint density at radius 3 is 2.88 bits per heavy atom. The van der Waals surface area contributed by atoms with Crippen molar-refractivity contribution in [3.8, 4) is 0 Å². The van der Waals surface area contributed by atoms with E-state index in [0.29, 0.717) is 11.3 Å². The summed E-state index contributed by atoms with van der Waals surface area (Å²) in [5.41, 5.74) is 0. The number of nitrogens with one attached hydrogen (secondary N) is 1. The van der Waals surface area contributed by atoms with Crippen LogP contribution >= 0.6 is 38.9 Å². The van der Waals surface area contributed by atoms with Crippen molar-refractivity contribution in [3.05, 3.63) is 20.8 Å². The molecule has 2 atom stereocenters. The number of hydrogen-bond donors (Lipinski definition) is 1. The molecule has 0 bridgehead atoms. The first-order valence-electron chi connectivity index (χ1n) is 5.84. The molecule has 0 radical (unpaired) electrons. The molecule has 1 N–H and O–H groups in total. The van der Waals surface area contributed by atoms with Crippen LogP contribution in [0, 0.1) is 5.92 Å². The average molecular weight is 323 g/mol. The molecule has 1 aliphatic rings. The van der Waals surface area contributed by atoms with Crippen molar-refractivity contribution in [3.63, 3.8) is 0 Å². The van der Waals surface area contributed by atoms with E-state index in [1.54, 1.807) is 11.3 Å².